The van der Waals surface area contributed by atoms with Gasteiger partial charge in [0.15, 0.2) is 6.23 Å². The van der Waals surface area contributed by atoms with Crippen molar-refractivity contribution in [3.63, 3.8) is 0 Å². The molecule has 0 amide bonds. The van der Waals surface area contributed by atoms with Gasteiger partial charge in [0, 0.05) is 6.07 Å². The predicted molar refractivity (Wildman–Crippen MR) is 78.5 cm³/mol. The number of nitro benzene ring substituents is 1. The molecule has 1 aliphatic heterocycles. The molecule has 0 spiro atoms. The topological polar surface area (TPSA) is 125 Å². The Balaban J connectivity index is 2.30. The molecule has 22 heavy (non-hydrogen) atoms. The second-order valence-electron chi connectivity index (χ2n) is 5.59. The van der Waals surface area contributed by atoms with Gasteiger partial charge in [-0.05, 0) is 38.0 Å². The molecular formula is C14H20N2O6. The lowest BCUT2D eigenvalue weighted by Gasteiger charge is -2.39. The molecule has 1 aromatic carbocycles. The number of hydrogen-bond donors (Lipinski definition) is 4. The summed E-state index contributed by atoms with van der Waals surface area (Å²) >= 11 is 0. The molecule has 0 saturated carbocycles. The van der Waals surface area contributed by atoms with E-state index in [0.717, 1.165) is 11.1 Å². The number of aliphatic hydroxyl groups is 3. The first-order chi connectivity index (χ1) is 10.2. The van der Waals surface area contributed by atoms with Gasteiger partial charge in [0.25, 0.3) is 5.69 Å². The van der Waals surface area contributed by atoms with Crippen molar-refractivity contribution in [2.24, 2.45) is 0 Å². The van der Waals surface area contributed by atoms with Crippen LogP contribution in [0.2, 0.25) is 0 Å². The molecule has 1 aliphatic rings. The van der Waals surface area contributed by atoms with Crippen molar-refractivity contribution in [3.05, 3.63) is 33.4 Å². The molecule has 0 radical (unpaired) electrons. The van der Waals surface area contributed by atoms with E-state index in [4.69, 9.17) is 4.74 Å². The smallest absolute Gasteiger partial charge is 0.292 e. The number of hydrogen-bond acceptors (Lipinski definition) is 7. The summed E-state index contributed by atoms with van der Waals surface area (Å²) in [4.78, 5) is 10.6. The first-order valence-corrected chi connectivity index (χ1v) is 6.94. The van der Waals surface area contributed by atoms with Crippen LogP contribution in [0, 0.1) is 24.0 Å². The minimum Gasteiger partial charge on any atom is -0.388 e. The van der Waals surface area contributed by atoms with Gasteiger partial charge in [0.1, 0.15) is 24.0 Å². The monoisotopic (exact) mass is 312 g/mol. The molecule has 1 saturated heterocycles. The van der Waals surface area contributed by atoms with Gasteiger partial charge in [-0.3, -0.25) is 10.1 Å². The number of aryl methyl sites for hydroxylation is 2. The van der Waals surface area contributed by atoms with Crippen LogP contribution in [0.25, 0.3) is 0 Å². The van der Waals surface area contributed by atoms with Gasteiger partial charge in [-0.15, -0.1) is 0 Å². The maximum Gasteiger partial charge on any atom is 0.292 e. The largest absolute Gasteiger partial charge is 0.388 e. The Morgan fingerprint density at radius 2 is 1.73 bits per heavy atom. The fourth-order valence-corrected chi connectivity index (χ4v) is 2.39. The van der Waals surface area contributed by atoms with Crippen LogP contribution < -0.4 is 5.32 Å². The van der Waals surface area contributed by atoms with Crippen LogP contribution in [0.1, 0.15) is 18.1 Å². The van der Waals surface area contributed by atoms with Gasteiger partial charge in [-0.25, -0.2) is 0 Å². The van der Waals surface area contributed by atoms with E-state index < -0.39 is 35.6 Å². The van der Waals surface area contributed by atoms with E-state index in [1.54, 1.807) is 19.9 Å². The minimum absolute atomic E-state index is 0.146. The van der Waals surface area contributed by atoms with E-state index in [2.05, 4.69) is 5.32 Å². The van der Waals surface area contributed by atoms with E-state index in [-0.39, 0.29) is 11.4 Å². The third-order valence-electron chi connectivity index (χ3n) is 3.96. The lowest BCUT2D eigenvalue weighted by Crippen LogP contribution is -2.58. The molecular weight excluding hydrogens is 292 g/mol. The summed E-state index contributed by atoms with van der Waals surface area (Å²) in [5.74, 6) is 0. The Bertz CT molecular complexity index is 579. The average Bonchev–Trinajstić information content (AvgIpc) is 2.45. The van der Waals surface area contributed by atoms with E-state index in [1.807, 2.05) is 6.92 Å². The highest BCUT2D eigenvalue weighted by molar-refractivity contribution is 5.64. The van der Waals surface area contributed by atoms with Crippen LogP contribution in [0.5, 0.6) is 0 Å². The molecule has 2 rings (SSSR count). The van der Waals surface area contributed by atoms with Crippen LogP contribution in [0.4, 0.5) is 11.4 Å². The van der Waals surface area contributed by atoms with Crippen molar-refractivity contribution in [2.45, 2.75) is 51.4 Å². The third kappa shape index (κ3) is 3.05. The molecule has 5 atom stereocenters. The Labute approximate surface area is 127 Å². The number of aliphatic hydroxyl groups excluding tert-OH is 3. The van der Waals surface area contributed by atoms with E-state index in [9.17, 15) is 25.4 Å². The van der Waals surface area contributed by atoms with Gasteiger partial charge in [-0.1, -0.05) is 0 Å². The quantitative estimate of drug-likeness (QED) is 0.471. The Morgan fingerprint density at radius 1 is 1.14 bits per heavy atom. The Hall–Kier alpha value is -1.74. The van der Waals surface area contributed by atoms with Crippen LogP contribution in [0.15, 0.2) is 12.1 Å². The summed E-state index contributed by atoms with van der Waals surface area (Å²) in [5.41, 5.74) is 1.65. The zero-order valence-electron chi connectivity index (χ0n) is 12.6. The first kappa shape index (κ1) is 16.6. The molecule has 1 aromatic rings. The van der Waals surface area contributed by atoms with Crippen molar-refractivity contribution in [2.75, 3.05) is 5.32 Å². The molecule has 8 heteroatoms. The van der Waals surface area contributed by atoms with Crippen molar-refractivity contribution in [1.82, 2.24) is 0 Å². The van der Waals surface area contributed by atoms with Crippen LogP contribution >= 0.6 is 0 Å². The van der Waals surface area contributed by atoms with Crippen LogP contribution in [-0.4, -0.2) is 50.9 Å². The number of benzene rings is 1. The van der Waals surface area contributed by atoms with Crippen molar-refractivity contribution in [3.8, 4) is 0 Å². The fraction of sp³-hybridized carbons (Fsp3) is 0.571. The highest BCUT2D eigenvalue weighted by Crippen LogP contribution is 2.31. The predicted octanol–water partition coefficient (Wildman–Crippen LogP) is 0.451. The van der Waals surface area contributed by atoms with Crippen LogP contribution in [0.3, 0.4) is 0 Å². The minimum atomic E-state index is -1.41. The summed E-state index contributed by atoms with van der Waals surface area (Å²) in [5, 5.41) is 43.3. The Morgan fingerprint density at radius 3 is 2.32 bits per heavy atom. The lowest BCUT2D eigenvalue weighted by atomic mass is 9.98. The van der Waals surface area contributed by atoms with Gasteiger partial charge >= 0.3 is 0 Å². The molecule has 0 aromatic heterocycles. The molecule has 0 unspecified atom stereocenters. The van der Waals surface area contributed by atoms with E-state index in [1.165, 1.54) is 6.07 Å². The molecule has 4 N–H and O–H groups in total. The SMILES string of the molecule is Cc1cc(N[C@@H]2O[C@@H](C)[C@@H](O)[C@@H](O)[C@@H]2O)c([N+](=O)[O-])cc1C. The van der Waals surface area contributed by atoms with Gasteiger partial charge < -0.3 is 25.4 Å². The zero-order chi connectivity index (χ0) is 16.6. The summed E-state index contributed by atoms with van der Waals surface area (Å²) in [6, 6.07) is 3.02. The van der Waals surface area contributed by atoms with E-state index >= 15 is 0 Å². The van der Waals surface area contributed by atoms with Crippen molar-refractivity contribution >= 4 is 11.4 Å². The zero-order valence-corrected chi connectivity index (χ0v) is 12.6. The number of nitro groups is 1. The maximum absolute atomic E-state index is 11.2. The standard InChI is InChI=1S/C14H20N2O6/c1-6-4-9(10(16(20)21)5-7(6)2)15-14-13(19)12(18)11(17)8(3)22-14/h4-5,8,11-15,17-19H,1-3H3/t8-,11+,12+,13-,14+/m0/s1. The average molecular weight is 312 g/mol. The summed E-state index contributed by atoms with van der Waals surface area (Å²) in [6.45, 7) is 5.12. The van der Waals surface area contributed by atoms with Crippen molar-refractivity contribution < 1.29 is 25.0 Å². The molecule has 0 bridgehead atoms. The summed E-state index contributed by atoms with van der Waals surface area (Å²) < 4.78 is 5.40. The molecule has 1 heterocycles. The normalized spacial score (nSPS) is 31.8. The Kier molecular flexibility index (Phi) is 4.66. The third-order valence-corrected chi connectivity index (χ3v) is 3.96. The molecule has 0 aliphatic carbocycles. The number of rotatable bonds is 3. The van der Waals surface area contributed by atoms with Gasteiger partial charge in [0.2, 0.25) is 0 Å². The van der Waals surface area contributed by atoms with E-state index in [0.29, 0.717) is 0 Å². The van der Waals surface area contributed by atoms with Crippen molar-refractivity contribution in [1.29, 1.82) is 0 Å². The number of nitrogens with zero attached hydrogens (tertiary/aromatic N) is 1. The summed E-state index contributed by atoms with van der Waals surface area (Å²) in [7, 11) is 0. The van der Waals surface area contributed by atoms with Crippen LogP contribution in [-0.2, 0) is 4.74 Å². The molecule has 8 nitrogen and oxygen atoms in total. The van der Waals surface area contributed by atoms with Gasteiger partial charge in [-0.2, -0.15) is 0 Å². The first-order valence-electron chi connectivity index (χ1n) is 6.94. The number of nitrogens with one attached hydrogen (secondary N) is 1. The lowest BCUT2D eigenvalue weighted by molar-refractivity contribution is -0.384. The molecule has 1 fully saturated rings. The highest BCUT2D eigenvalue weighted by Gasteiger charge is 2.42. The maximum atomic E-state index is 11.2. The van der Waals surface area contributed by atoms with Gasteiger partial charge in [0.05, 0.1) is 11.0 Å². The molecule has 122 valence electrons. The number of ether oxygens (including phenoxy) is 1. The fourth-order valence-electron chi connectivity index (χ4n) is 2.39. The highest BCUT2D eigenvalue weighted by atomic mass is 16.6. The summed E-state index contributed by atoms with van der Waals surface area (Å²) in [6.07, 6.45) is -5.81. The number of anilines is 1. The second-order valence-corrected chi connectivity index (χ2v) is 5.59. The second kappa shape index (κ2) is 6.17.